The quantitative estimate of drug-likeness (QED) is 0.487. The molecule has 1 fully saturated rings. The van der Waals surface area contributed by atoms with Gasteiger partial charge in [-0.25, -0.2) is 4.98 Å². The lowest BCUT2D eigenvalue weighted by atomic mass is 10.2. The third kappa shape index (κ3) is 6.48. The number of hydrogen-bond donors (Lipinski definition) is 0. The Labute approximate surface area is 189 Å². The molecular formula is C25H30N4O3. The van der Waals surface area contributed by atoms with Gasteiger partial charge in [0.15, 0.2) is 11.7 Å². The highest BCUT2D eigenvalue weighted by atomic mass is 16.5. The smallest absolute Gasteiger partial charge is 0.223 e. The van der Waals surface area contributed by atoms with Crippen LogP contribution in [-0.4, -0.2) is 65.1 Å². The molecule has 7 nitrogen and oxygen atoms in total. The Bertz CT molecular complexity index is 956. The minimum Gasteiger partial charge on any atom is -0.441 e. The number of aromatic nitrogens is 2. The lowest BCUT2D eigenvalue weighted by Gasteiger charge is -2.28. The highest BCUT2D eigenvalue weighted by molar-refractivity contribution is 5.76. The number of hydrogen-bond acceptors (Lipinski definition) is 6. The van der Waals surface area contributed by atoms with Gasteiger partial charge in [0, 0.05) is 63.5 Å². The first-order chi connectivity index (χ1) is 15.8. The molecular weight excluding hydrogens is 404 g/mol. The SMILES string of the molecule is O=C(CCc1ncc(-c2ccccc2)o1)N(CCCN1CCOCC1)Cc1ccncc1. The predicted molar refractivity (Wildman–Crippen MR) is 122 cm³/mol. The monoisotopic (exact) mass is 434 g/mol. The van der Waals surface area contributed by atoms with Crippen molar-refractivity contribution in [3.63, 3.8) is 0 Å². The van der Waals surface area contributed by atoms with Crippen molar-refractivity contribution in [3.8, 4) is 11.3 Å². The molecule has 2 aromatic heterocycles. The summed E-state index contributed by atoms with van der Waals surface area (Å²) in [6, 6.07) is 13.8. The van der Waals surface area contributed by atoms with Gasteiger partial charge in [0.2, 0.25) is 5.91 Å². The van der Waals surface area contributed by atoms with Gasteiger partial charge >= 0.3 is 0 Å². The van der Waals surface area contributed by atoms with Crippen molar-refractivity contribution in [2.75, 3.05) is 39.4 Å². The molecule has 4 rings (SSSR count). The molecule has 1 saturated heterocycles. The Balaban J connectivity index is 1.33. The molecule has 0 aliphatic carbocycles. The van der Waals surface area contributed by atoms with Crippen LogP contribution in [0.1, 0.15) is 24.3 Å². The molecule has 0 bridgehead atoms. The highest BCUT2D eigenvalue weighted by Crippen LogP contribution is 2.20. The summed E-state index contributed by atoms with van der Waals surface area (Å²) in [7, 11) is 0. The van der Waals surface area contributed by atoms with Gasteiger partial charge in [-0.05, 0) is 24.1 Å². The molecule has 1 aliphatic rings. The Kier molecular flexibility index (Phi) is 8.00. The molecule has 3 aromatic rings. The van der Waals surface area contributed by atoms with E-state index in [9.17, 15) is 4.79 Å². The second kappa shape index (κ2) is 11.5. The number of pyridine rings is 1. The third-order valence-corrected chi connectivity index (χ3v) is 5.65. The van der Waals surface area contributed by atoms with E-state index in [1.807, 2.05) is 47.4 Å². The molecule has 0 atom stereocenters. The van der Waals surface area contributed by atoms with E-state index in [0.717, 1.165) is 62.7 Å². The molecule has 1 amide bonds. The molecule has 3 heterocycles. The molecule has 0 spiro atoms. The van der Waals surface area contributed by atoms with Gasteiger partial charge in [0.05, 0.1) is 19.4 Å². The van der Waals surface area contributed by atoms with E-state index in [-0.39, 0.29) is 5.91 Å². The Morgan fingerprint density at radius 2 is 1.84 bits per heavy atom. The van der Waals surface area contributed by atoms with Crippen LogP contribution in [0.5, 0.6) is 0 Å². The number of carbonyl (C=O) groups is 1. The highest BCUT2D eigenvalue weighted by Gasteiger charge is 2.17. The van der Waals surface area contributed by atoms with Crippen molar-refractivity contribution < 1.29 is 13.9 Å². The standard InChI is InChI=1S/C25H30N4O3/c30-25(8-7-24-27-19-23(32-24)22-5-2-1-3-6-22)29(20-21-9-11-26-12-10-21)14-4-13-28-15-17-31-18-16-28/h1-3,5-6,9-12,19H,4,7-8,13-18,20H2. The maximum Gasteiger partial charge on any atom is 0.223 e. The molecule has 7 heteroatoms. The second-order valence-corrected chi connectivity index (χ2v) is 7.96. The van der Waals surface area contributed by atoms with Crippen molar-refractivity contribution in [2.45, 2.75) is 25.8 Å². The first-order valence-electron chi connectivity index (χ1n) is 11.2. The Morgan fingerprint density at radius 1 is 1.06 bits per heavy atom. The summed E-state index contributed by atoms with van der Waals surface area (Å²) < 4.78 is 11.3. The molecule has 0 saturated carbocycles. The summed E-state index contributed by atoms with van der Waals surface area (Å²) in [5.41, 5.74) is 2.07. The maximum absolute atomic E-state index is 13.1. The average Bonchev–Trinajstić information content (AvgIpc) is 3.33. The number of morpholine rings is 1. The predicted octanol–water partition coefficient (Wildman–Crippen LogP) is 3.42. The van der Waals surface area contributed by atoms with Gasteiger partial charge < -0.3 is 14.1 Å². The topological polar surface area (TPSA) is 71.7 Å². The molecule has 0 unspecified atom stereocenters. The van der Waals surface area contributed by atoms with Crippen LogP contribution in [0.15, 0.2) is 65.5 Å². The van der Waals surface area contributed by atoms with Crippen LogP contribution in [0, 0.1) is 0 Å². The molecule has 32 heavy (non-hydrogen) atoms. The van der Waals surface area contributed by atoms with E-state index < -0.39 is 0 Å². The number of carbonyl (C=O) groups excluding carboxylic acids is 1. The summed E-state index contributed by atoms with van der Waals surface area (Å²) in [6.07, 6.45) is 7.06. The van der Waals surface area contributed by atoms with E-state index in [1.54, 1.807) is 18.6 Å². The molecule has 1 aromatic carbocycles. The van der Waals surface area contributed by atoms with Crippen molar-refractivity contribution in [3.05, 3.63) is 72.5 Å². The van der Waals surface area contributed by atoms with E-state index in [4.69, 9.17) is 9.15 Å². The summed E-state index contributed by atoms with van der Waals surface area (Å²) in [6.45, 7) is 5.80. The zero-order valence-corrected chi connectivity index (χ0v) is 18.4. The normalized spacial score (nSPS) is 14.4. The van der Waals surface area contributed by atoms with Crippen LogP contribution in [0.4, 0.5) is 0 Å². The summed E-state index contributed by atoms with van der Waals surface area (Å²) in [5.74, 6) is 1.44. The average molecular weight is 435 g/mol. The first kappa shape index (κ1) is 22.2. The maximum atomic E-state index is 13.1. The minimum absolute atomic E-state index is 0.114. The van der Waals surface area contributed by atoms with E-state index in [0.29, 0.717) is 25.3 Å². The third-order valence-electron chi connectivity index (χ3n) is 5.65. The van der Waals surface area contributed by atoms with Crippen molar-refractivity contribution in [2.24, 2.45) is 0 Å². The van der Waals surface area contributed by atoms with Crippen LogP contribution in [-0.2, 0) is 22.5 Å². The number of nitrogens with zero attached hydrogens (tertiary/aromatic N) is 4. The number of rotatable bonds is 10. The Hall–Kier alpha value is -3.03. The van der Waals surface area contributed by atoms with E-state index in [1.165, 1.54) is 0 Å². The van der Waals surface area contributed by atoms with Crippen molar-refractivity contribution in [1.29, 1.82) is 0 Å². The molecule has 0 N–H and O–H groups in total. The van der Waals surface area contributed by atoms with Crippen LogP contribution >= 0.6 is 0 Å². The minimum atomic E-state index is 0.114. The fourth-order valence-electron chi connectivity index (χ4n) is 3.84. The number of aryl methyl sites for hydroxylation is 1. The zero-order chi connectivity index (χ0) is 22.0. The van der Waals surface area contributed by atoms with Gasteiger partial charge in [0.25, 0.3) is 0 Å². The number of oxazole rings is 1. The van der Waals surface area contributed by atoms with Gasteiger partial charge in [-0.1, -0.05) is 30.3 Å². The fraction of sp³-hybridized carbons (Fsp3) is 0.400. The Morgan fingerprint density at radius 3 is 2.62 bits per heavy atom. The summed E-state index contributed by atoms with van der Waals surface area (Å²) in [5, 5.41) is 0. The molecule has 0 radical (unpaired) electrons. The summed E-state index contributed by atoms with van der Waals surface area (Å²) >= 11 is 0. The lowest BCUT2D eigenvalue weighted by Crippen LogP contribution is -2.39. The largest absolute Gasteiger partial charge is 0.441 e. The van der Waals surface area contributed by atoms with Gasteiger partial charge in [-0.15, -0.1) is 0 Å². The summed E-state index contributed by atoms with van der Waals surface area (Å²) in [4.78, 5) is 25.9. The fourth-order valence-corrected chi connectivity index (χ4v) is 3.84. The van der Waals surface area contributed by atoms with E-state index in [2.05, 4.69) is 14.9 Å². The number of ether oxygens (including phenoxy) is 1. The van der Waals surface area contributed by atoms with Crippen LogP contribution in [0.2, 0.25) is 0 Å². The zero-order valence-electron chi connectivity index (χ0n) is 18.4. The number of amides is 1. The second-order valence-electron chi connectivity index (χ2n) is 7.96. The van der Waals surface area contributed by atoms with Crippen LogP contribution < -0.4 is 0 Å². The van der Waals surface area contributed by atoms with Gasteiger partial charge in [-0.3, -0.25) is 14.7 Å². The lowest BCUT2D eigenvalue weighted by molar-refractivity contribution is -0.132. The van der Waals surface area contributed by atoms with Gasteiger partial charge in [-0.2, -0.15) is 0 Å². The molecule has 1 aliphatic heterocycles. The van der Waals surface area contributed by atoms with Crippen molar-refractivity contribution in [1.82, 2.24) is 19.8 Å². The van der Waals surface area contributed by atoms with E-state index >= 15 is 0 Å². The van der Waals surface area contributed by atoms with Crippen LogP contribution in [0.25, 0.3) is 11.3 Å². The van der Waals surface area contributed by atoms with Gasteiger partial charge in [0.1, 0.15) is 0 Å². The first-order valence-corrected chi connectivity index (χ1v) is 11.2. The van der Waals surface area contributed by atoms with Crippen LogP contribution in [0.3, 0.4) is 0 Å². The number of benzene rings is 1. The van der Waals surface area contributed by atoms with Crippen molar-refractivity contribution >= 4 is 5.91 Å². The molecule has 168 valence electrons.